The molecule has 0 bridgehead atoms. The van der Waals surface area contributed by atoms with Crippen LogP contribution in [0.3, 0.4) is 0 Å². The van der Waals surface area contributed by atoms with E-state index in [1.807, 2.05) is 24.3 Å². The van der Waals surface area contributed by atoms with Gasteiger partial charge in [0.2, 0.25) is 11.0 Å². The molecule has 2 aliphatic heterocycles. The molecule has 1 fully saturated rings. The number of halogens is 1. The summed E-state index contributed by atoms with van der Waals surface area (Å²) in [5.41, 5.74) is 1.44. The van der Waals surface area contributed by atoms with E-state index < -0.39 is 4.87 Å². The monoisotopic (exact) mass is 412 g/mol. The standard InChI is InChI=1S/C19H13FN4O2S2/c20-12-7-5-11(6-8-12)16-21-18(28-23-16)22-17(26)19-10-9-15(25)24(19)13-3-1-2-4-14(13)27-19/h1-8H,9-10H2,(H,21,22,23,26). The maximum Gasteiger partial charge on any atom is 0.263 e. The molecular formula is C19H13FN4O2S2. The van der Waals surface area contributed by atoms with E-state index in [0.29, 0.717) is 29.4 Å². The fraction of sp³-hybridized carbons (Fsp3) is 0.158. The number of anilines is 2. The van der Waals surface area contributed by atoms with E-state index in [9.17, 15) is 14.0 Å². The summed E-state index contributed by atoms with van der Waals surface area (Å²) in [6, 6.07) is 13.4. The van der Waals surface area contributed by atoms with Crippen LogP contribution in [0.5, 0.6) is 0 Å². The minimum Gasteiger partial charge on any atom is -0.298 e. The van der Waals surface area contributed by atoms with Gasteiger partial charge in [-0.25, -0.2) is 4.39 Å². The zero-order valence-corrected chi connectivity index (χ0v) is 16.0. The number of aromatic nitrogens is 2. The molecule has 0 aliphatic carbocycles. The number of rotatable bonds is 3. The van der Waals surface area contributed by atoms with Gasteiger partial charge in [-0.05, 0) is 42.8 Å². The lowest BCUT2D eigenvalue weighted by atomic mass is 10.2. The molecule has 6 nitrogen and oxygen atoms in total. The number of benzene rings is 2. The molecule has 0 radical (unpaired) electrons. The number of amides is 2. The van der Waals surface area contributed by atoms with Crippen LogP contribution in [0.25, 0.3) is 11.4 Å². The predicted molar refractivity (Wildman–Crippen MR) is 106 cm³/mol. The average molecular weight is 412 g/mol. The van der Waals surface area contributed by atoms with Gasteiger partial charge in [0, 0.05) is 28.4 Å². The van der Waals surface area contributed by atoms with Crippen molar-refractivity contribution in [3.63, 3.8) is 0 Å². The Balaban J connectivity index is 1.42. The molecule has 28 heavy (non-hydrogen) atoms. The minimum absolute atomic E-state index is 0.0585. The van der Waals surface area contributed by atoms with Gasteiger partial charge >= 0.3 is 0 Å². The summed E-state index contributed by atoms with van der Waals surface area (Å²) in [6.45, 7) is 0. The van der Waals surface area contributed by atoms with Crippen LogP contribution in [-0.2, 0) is 9.59 Å². The van der Waals surface area contributed by atoms with E-state index in [-0.39, 0.29) is 17.6 Å². The second kappa shape index (κ2) is 6.39. The molecule has 1 atom stereocenters. The van der Waals surface area contributed by atoms with Gasteiger partial charge in [-0.2, -0.15) is 9.36 Å². The highest BCUT2D eigenvalue weighted by atomic mass is 32.2. The van der Waals surface area contributed by atoms with E-state index in [0.717, 1.165) is 22.1 Å². The molecule has 1 aromatic heterocycles. The van der Waals surface area contributed by atoms with Crippen molar-refractivity contribution in [1.82, 2.24) is 9.36 Å². The van der Waals surface area contributed by atoms with Crippen molar-refractivity contribution in [2.45, 2.75) is 22.6 Å². The predicted octanol–water partition coefficient (Wildman–Crippen LogP) is 3.91. The summed E-state index contributed by atoms with van der Waals surface area (Å²) < 4.78 is 17.3. The molecule has 3 aromatic rings. The SMILES string of the molecule is O=C1CCC2(C(=O)Nc3nc(-c4ccc(F)cc4)ns3)Sc3ccccc3N12. The number of carbonyl (C=O) groups excluding carboxylic acids is 2. The van der Waals surface area contributed by atoms with Crippen LogP contribution < -0.4 is 10.2 Å². The van der Waals surface area contributed by atoms with Crippen molar-refractivity contribution in [2.24, 2.45) is 0 Å². The molecule has 1 unspecified atom stereocenters. The molecule has 5 rings (SSSR count). The van der Waals surface area contributed by atoms with Gasteiger partial charge in [-0.15, -0.1) is 0 Å². The van der Waals surface area contributed by atoms with Gasteiger partial charge in [-0.1, -0.05) is 23.9 Å². The van der Waals surface area contributed by atoms with Crippen molar-refractivity contribution in [3.05, 3.63) is 54.3 Å². The molecule has 1 saturated heterocycles. The average Bonchev–Trinajstić information content (AvgIpc) is 3.37. The van der Waals surface area contributed by atoms with Crippen molar-refractivity contribution in [1.29, 1.82) is 0 Å². The Labute approximate surface area is 168 Å². The number of nitrogens with zero attached hydrogens (tertiary/aromatic N) is 3. The lowest BCUT2D eigenvalue weighted by Gasteiger charge is -2.29. The van der Waals surface area contributed by atoms with Gasteiger partial charge in [0.25, 0.3) is 5.91 Å². The molecular weight excluding hydrogens is 399 g/mol. The molecule has 1 N–H and O–H groups in total. The Morgan fingerprint density at radius 2 is 1.96 bits per heavy atom. The van der Waals surface area contributed by atoms with Crippen LogP contribution in [0.4, 0.5) is 15.2 Å². The highest BCUT2D eigenvalue weighted by Gasteiger charge is 2.57. The normalized spacial score (nSPS) is 20.2. The molecule has 9 heteroatoms. The van der Waals surface area contributed by atoms with E-state index in [2.05, 4.69) is 14.7 Å². The summed E-state index contributed by atoms with van der Waals surface area (Å²) in [5, 5.41) is 3.16. The van der Waals surface area contributed by atoms with Crippen molar-refractivity contribution in [2.75, 3.05) is 10.2 Å². The van der Waals surface area contributed by atoms with Gasteiger partial charge < -0.3 is 0 Å². The van der Waals surface area contributed by atoms with E-state index in [4.69, 9.17) is 0 Å². The largest absolute Gasteiger partial charge is 0.298 e. The minimum atomic E-state index is -0.998. The first-order valence-corrected chi connectivity index (χ1v) is 10.2. The molecule has 3 heterocycles. The van der Waals surface area contributed by atoms with E-state index >= 15 is 0 Å². The third-order valence-electron chi connectivity index (χ3n) is 4.78. The molecule has 140 valence electrons. The van der Waals surface area contributed by atoms with Crippen LogP contribution in [0.15, 0.2) is 53.4 Å². The third-order valence-corrected chi connectivity index (χ3v) is 6.88. The first kappa shape index (κ1) is 17.3. The van der Waals surface area contributed by atoms with Crippen molar-refractivity contribution in [3.8, 4) is 11.4 Å². The number of hydrogen-bond acceptors (Lipinski definition) is 6. The van der Waals surface area contributed by atoms with Crippen LogP contribution >= 0.6 is 23.3 Å². The van der Waals surface area contributed by atoms with Crippen LogP contribution in [0.2, 0.25) is 0 Å². The topological polar surface area (TPSA) is 75.2 Å². The summed E-state index contributed by atoms with van der Waals surface area (Å²) >= 11 is 2.45. The summed E-state index contributed by atoms with van der Waals surface area (Å²) in [6.07, 6.45) is 0.756. The van der Waals surface area contributed by atoms with Gasteiger partial charge in [0.15, 0.2) is 10.7 Å². The second-order valence-electron chi connectivity index (χ2n) is 6.47. The fourth-order valence-corrected chi connectivity index (χ4v) is 5.48. The Morgan fingerprint density at radius 1 is 1.18 bits per heavy atom. The maximum absolute atomic E-state index is 13.2. The molecule has 2 amide bonds. The summed E-state index contributed by atoms with van der Waals surface area (Å²) in [4.78, 5) is 31.5. The number of hydrogen-bond donors (Lipinski definition) is 1. The molecule has 2 aromatic carbocycles. The van der Waals surface area contributed by atoms with Crippen LogP contribution in [0.1, 0.15) is 12.8 Å². The Kier molecular flexibility index (Phi) is 3.95. The highest BCUT2D eigenvalue weighted by Crippen LogP contribution is 2.56. The smallest absolute Gasteiger partial charge is 0.263 e. The number of para-hydroxylation sites is 1. The Morgan fingerprint density at radius 3 is 2.79 bits per heavy atom. The Bertz CT molecular complexity index is 1100. The number of nitrogens with one attached hydrogen (secondary N) is 1. The lowest BCUT2D eigenvalue weighted by molar-refractivity contribution is -0.121. The summed E-state index contributed by atoms with van der Waals surface area (Å²) in [5.74, 6) is -0.270. The number of thioether (sulfide) groups is 1. The quantitative estimate of drug-likeness (QED) is 0.706. The molecule has 2 aliphatic rings. The maximum atomic E-state index is 13.2. The summed E-state index contributed by atoms with van der Waals surface area (Å²) in [7, 11) is 0. The zero-order valence-electron chi connectivity index (χ0n) is 14.4. The van der Waals surface area contributed by atoms with Gasteiger partial charge in [0.05, 0.1) is 5.69 Å². The number of carbonyl (C=O) groups is 2. The zero-order chi connectivity index (χ0) is 19.3. The fourth-order valence-electron chi connectivity index (χ4n) is 3.48. The van der Waals surface area contributed by atoms with Crippen molar-refractivity contribution < 1.29 is 14.0 Å². The second-order valence-corrected chi connectivity index (χ2v) is 8.54. The van der Waals surface area contributed by atoms with Crippen LogP contribution in [0, 0.1) is 5.82 Å². The molecule has 0 saturated carbocycles. The molecule has 0 spiro atoms. The highest BCUT2D eigenvalue weighted by molar-refractivity contribution is 8.02. The number of fused-ring (bicyclic) bond motifs is 3. The third kappa shape index (κ3) is 2.61. The van der Waals surface area contributed by atoms with Crippen LogP contribution in [-0.4, -0.2) is 26.0 Å². The van der Waals surface area contributed by atoms with Gasteiger partial charge in [0.1, 0.15) is 5.82 Å². The van der Waals surface area contributed by atoms with Gasteiger partial charge in [-0.3, -0.25) is 19.8 Å². The first-order chi connectivity index (χ1) is 13.6. The van der Waals surface area contributed by atoms with E-state index in [1.54, 1.807) is 17.0 Å². The van der Waals surface area contributed by atoms with E-state index in [1.165, 1.54) is 23.9 Å². The Hall–Kier alpha value is -2.78. The van der Waals surface area contributed by atoms with Crippen molar-refractivity contribution >= 4 is 45.9 Å². The first-order valence-electron chi connectivity index (χ1n) is 8.59. The lowest BCUT2D eigenvalue weighted by Crippen LogP contribution is -2.49.